The van der Waals surface area contributed by atoms with E-state index in [1.807, 2.05) is 26.0 Å². The third-order valence-electron chi connectivity index (χ3n) is 5.43. The van der Waals surface area contributed by atoms with Crippen molar-refractivity contribution in [3.63, 3.8) is 0 Å². The second-order valence-corrected chi connectivity index (χ2v) is 9.11. The molecule has 3 aromatic rings. The van der Waals surface area contributed by atoms with Gasteiger partial charge in [-0.15, -0.1) is 11.3 Å². The summed E-state index contributed by atoms with van der Waals surface area (Å²) in [6.07, 6.45) is 0. The molecule has 1 aromatic carbocycles. The molecule has 0 radical (unpaired) electrons. The summed E-state index contributed by atoms with van der Waals surface area (Å²) in [4.78, 5) is 38.3. The van der Waals surface area contributed by atoms with Crippen LogP contribution in [0.1, 0.15) is 34.2 Å². The number of aromatic hydroxyl groups is 1. The number of anilines is 3. The molecular weight excluding hydrogens is 422 g/mol. The lowest BCUT2D eigenvalue weighted by Crippen LogP contribution is -2.49. The summed E-state index contributed by atoms with van der Waals surface area (Å²) in [6.45, 7) is 4.79. The highest BCUT2D eigenvalue weighted by Gasteiger charge is 2.45. The predicted molar refractivity (Wildman–Crippen MR) is 117 cm³/mol. The molecule has 4 rings (SSSR count). The molecule has 1 fully saturated rings. The van der Waals surface area contributed by atoms with Gasteiger partial charge in [-0.05, 0) is 19.1 Å². The van der Waals surface area contributed by atoms with Crippen LogP contribution >= 0.6 is 11.3 Å². The number of aryl methyl sites for hydroxylation is 1. The Bertz CT molecular complexity index is 1210. The Kier molecular flexibility index (Phi) is 5.14. The highest BCUT2D eigenvalue weighted by Crippen LogP contribution is 2.44. The van der Waals surface area contributed by atoms with E-state index in [9.17, 15) is 19.5 Å². The average Bonchev–Trinajstić information content (AvgIpc) is 3.30. The van der Waals surface area contributed by atoms with Crippen molar-refractivity contribution in [3.05, 3.63) is 54.4 Å². The lowest BCUT2D eigenvalue weighted by molar-refractivity contribution is -0.115. The molecule has 31 heavy (non-hydrogen) atoms. The molecule has 0 aliphatic carbocycles. The van der Waals surface area contributed by atoms with Gasteiger partial charge in [-0.3, -0.25) is 14.4 Å². The summed E-state index contributed by atoms with van der Waals surface area (Å²) in [5.41, 5.74) is -1.33. The van der Waals surface area contributed by atoms with Crippen molar-refractivity contribution >= 4 is 34.3 Å². The van der Waals surface area contributed by atoms with Gasteiger partial charge in [-0.1, -0.05) is 6.92 Å². The monoisotopic (exact) mass is 445 g/mol. The fourth-order valence-electron chi connectivity index (χ4n) is 3.51. The third kappa shape index (κ3) is 3.51. The van der Waals surface area contributed by atoms with E-state index in [1.165, 1.54) is 10.3 Å². The second-order valence-electron chi connectivity index (χ2n) is 8.23. The number of carbonyl (C=O) groups excluding carboxylic acids is 1. The molecule has 1 atom stereocenters. The van der Waals surface area contributed by atoms with Crippen molar-refractivity contribution in [1.29, 1.82) is 0 Å². The van der Waals surface area contributed by atoms with Crippen molar-refractivity contribution < 1.29 is 19.1 Å². The second kappa shape index (κ2) is 7.54. The predicted octanol–water partition coefficient (Wildman–Crippen LogP) is 2.59. The number of amides is 1. The highest BCUT2D eigenvalue weighted by atomic mass is 32.1. The van der Waals surface area contributed by atoms with Crippen molar-refractivity contribution in [1.82, 2.24) is 4.90 Å². The summed E-state index contributed by atoms with van der Waals surface area (Å²) < 4.78 is 11.2. The fourth-order valence-corrected chi connectivity index (χ4v) is 4.42. The lowest BCUT2D eigenvalue weighted by Gasteiger charge is -2.44. The first-order chi connectivity index (χ1) is 14.6. The molecule has 0 bridgehead atoms. The van der Waals surface area contributed by atoms with Crippen LogP contribution in [0.25, 0.3) is 0 Å². The van der Waals surface area contributed by atoms with Crippen LogP contribution in [0.5, 0.6) is 5.75 Å². The lowest BCUT2D eigenvalue weighted by atomic mass is 9.79. The van der Waals surface area contributed by atoms with E-state index >= 15 is 0 Å². The molecule has 1 saturated heterocycles. The quantitative estimate of drug-likeness (QED) is 0.475. The highest BCUT2D eigenvalue weighted by molar-refractivity contribution is 7.13. The number of hydrogen-bond acceptors (Lipinski definition) is 9. The van der Waals surface area contributed by atoms with Gasteiger partial charge in [0.15, 0.2) is 5.75 Å². The largest absolute Gasteiger partial charge is 0.504 e. The zero-order chi connectivity index (χ0) is 22.5. The minimum Gasteiger partial charge on any atom is -0.504 e. The van der Waals surface area contributed by atoms with Crippen LogP contribution in [-0.4, -0.2) is 43.2 Å². The Balaban J connectivity index is 1.64. The summed E-state index contributed by atoms with van der Waals surface area (Å²) >= 11 is 1.05. The van der Waals surface area contributed by atoms with Crippen LogP contribution in [0.2, 0.25) is 0 Å². The Morgan fingerprint density at radius 2 is 1.90 bits per heavy atom. The normalized spacial score (nSPS) is 16.0. The zero-order valence-corrected chi connectivity index (χ0v) is 18.4. The number of nitrogens with one attached hydrogen (secondary N) is 2. The third-order valence-corrected chi connectivity index (χ3v) is 6.39. The van der Waals surface area contributed by atoms with E-state index in [0.717, 1.165) is 17.1 Å². The van der Waals surface area contributed by atoms with Gasteiger partial charge in [0.2, 0.25) is 0 Å². The fraction of sp³-hybridized carbons (Fsp3) is 0.381. The minimum absolute atomic E-state index is 0.0408. The molecule has 0 saturated carbocycles. The van der Waals surface area contributed by atoms with E-state index in [0.29, 0.717) is 19.0 Å². The SMILES string of the molecule is Cc1ccc([C@H](Nc2c(Nc3csc(C(=O)N(C)C)c3O)c(=O)c2=O)C2(C)COC2)o1. The summed E-state index contributed by atoms with van der Waals surface area (Å²) in [5.74, 6) is 0.750. The number of carbonyl (C=O) groups is 1. The summed E-state index contributed by atoms with van der Waals surface area (Å²) in [7, 11) is 3.16. The molecule has 1 amide bonds. The van der Waals surface area contributed by atoms with Crippen LogP contribution < -0.4 is 21.5 Å². The molecule has 9 nitrogen and oxygen atoms in total. The molecule has 0 spiro atoms. The molecule has 3 N–H and O–H groups in total. The molecular formula is C21H23N3O6S. The van der Waals surface area contributed by atoms with Gasteiger partial charge >= 0.3 is 0 Å². The maximum absolute atomic E-state index is 12.4. The Morgan fingerprint density at radius 3 is 2.45 bits per heavy atom. The Hall–Kier alpha value is -3.11. The van der Waals surface area contributed by atoms with Crippen molar-refractivity contribution in [3.8, 4) is 5.75 Å². The van der Waals surface area contributed by atoms with Gasteiger partial charge in [-0.25, -0.2) is 0 Å². The van der Waals surface area contributed by atoms with Gasteiger partial charge in [0.25, 0.3) is 16.8 Å². The van der Waals surface area contributed by atoms with E-state index in [2.05, 4.69) is 10.6 Å². The molecule has 3 heterocycles. The van der Waals surface area contributed by atoms with E-state index < -0.39 is 10.9 Å². The molecule has 164 valence electrons. The topological polar surface area (TPSA) is 121 Å². The molecule has 2 aromatic heterocycles. The summed E-state index contributed by atoms with van der Waals surface area (Å²) in [6, 6.07) is 3.28. The Morgan fingerprint density at radius 1 is 1.23 bits per heavy atom. The molecule has 1 aliphatic rings. The zero-order valence-electron chi connectivity index (χ0n) is 17.6. The van der Waals surface area contributed by atoms with E-state index in [1.54, 1.807) is 14.1 Å². The number of ether oxygens (including phenoxy) is 1. The Labute approximate surface area is 181 Å². The first kappa shape index (κ1) is 21.1. The van der Waals surface area contributed by atoms with Gasteiger partial charge < -0.3 is 29.8 Å². The van der Waals surface area contributed by atoms with Crippen LogP contribution in [-0.2, 0) is 4.74 Å². The number of nitrogens with zero attached hydrogens (tertiary/aromatic N) is 1. The van der Waals surface area contributed by atoms with Gasteiger partial charge in [0, 0.05) is 24.9 Å². The molecule has 1 aliphatic heterocycles. The maximum Gasteiger partial charge on any atom is 0.267 e. The molecule has 10 heteroatoms. The maximum atomic E-state index is 12.4. The van der Waals surface area contributed by atoms with Crippen LogP contribution in [0.4, 0.5) is 17.1 Å². The van der Waals surface area contributed by atoms with Crippen LogP contribution in [0.3, 0.4) is 0 Å². The first-order valence-electron chi connectivity index (χ1n) is 9.65. The average molecular weight is 445 g/mol. The first-order valence-corrected chi connectivity index (χ1v) is 10.5. The minimum atomic E-state index is -0.696. The van der Waals surface area contributed by atoms with Gasteiger partial charge in [0.05, 0.1) is 24.9 Å². The van der Waals surface area contributed by atoms with Crippen molar-refractivity contribution in [2.75, 3.05) is 37.9 Å². The number of furan rings is 1. The van der Waals surface area contributed by atoms with Gasteiger partial charge in [0.1, 0.15) is 27.8 Å². The van der Waals surface area contributed by atoms with Crippen LogP contribution in [0, 0.1) is 12.3 Å². The van der Waals surface area contributed by atoms with Crippen molar-refractivity contribution in [2.45, 2.75) is 19.9 Å². The van der Waals surface area contributed by atoms with Gasteiger partial charge in [-0.2, -0.15) is 0 Å². The number of thiophene rings is 1. The number of rotatable bonds is 7. The van der Waals surface area contributed by atoms with E-state index in [-0.39, 0.29) is 45.1 Å². The van der Waals surface area contributed by atoms with E-state index in [4.69, 9.17) is 9.15 Å². The molecule has 0 unspecified atom stereocenters. The van der Waals surface area contributed by atoms with Crippen molar-refractivity contribution in [2.24, 2.45) is 5.41 Å². The summed E-state index contributed by atoms with van der Waals surface area (Å²) in [5, 5.41) is 17.9. The standard InChI is InChI=1S/C21H23N3O6S/c1-10-5-6-12(30-10)19(21(2)8-29-9-21)23-14-13(16(26)17(14)27)22-11-7-31-18(15(11)25)20(28)24(3)4/h5-7,19,22-23,25H,8-9H2,1-4H3/t19-/m0/s1. The van der Waals surface area contributed by atoms with Crippen LogP contribution in [0.15, 0.2) is 31.5 Å². The number of hydrogen-bond donors (Lipinski definition) is 3. The smallest absolute Gasteiger partial charge is 0.267 e.